The van der Waals surface area contributed by atoms with Gasteiger partial charge in [-0.3, -0.25) is 9.69 Å². The van der Waals surface area contributed by atoms with Gasteiger partial charge in [0.15, 0.2) is 0 Å². The summed E-state index contributed by atoms with van der Waals surface area (Å²) in [6, 6.07) is 3.22. The van der Waals surface area contributed by atoms with Crippen molar-refractivity contribution in [2.45, 2.75) is 6.42 Å². The fraction of sp³-hybridized carbons (Fsp3) is 0.538. The molecule has 0 radical (unpaired) electrons. The number of amides is 1. The third-order valence-corrected chi connectivity index (χ3v) is 3.24. The van der Waals surface area contributed by atoms with E-state index in [1.165, 1.54) is 6.20 Å². The first-order valence-electron chi connectivity index (χ1n) is 6.45. The van der Waals surface area contributed by atoms with Crippen molar-refractivity contribution in [1.82, 2.24) is 15.2 Å². The zero-order valence-corrected chi connectivity index (χ0v) is 11.5. The Bertz CT molecular complexity index is 422. The van der Waals surface area contributed by atoms with E-state index < -0.39 is 0 Å². The molecule has 0 saturated carbocycles. The van der Waals surface area contributed by atoms with Crippen LogP contribution in [0.1, 0.15) is 16.8 Å². The van der Waals surface area contributed by atoms with E-state index in [4.69, 9.17) is 16.3 Å². The summed E-state index contributed by atoms with van der Waals surface area (Å²) in [6.45, 7) is 5.22. The lowest BCUT2D eigenvalue weighted by atomic mass is 10.2. The van der Waals surface area contributed by atoms with Crippen molar-refractivity contribution in [2.24, 2.45) is 0 Å². The molecule has 1 aromatic heterocycles. The Morgan fingerprint density at radius 2 is 2.26 bits per heavy atom. The minimum Gasteiger partial charge on any atom is -0.379 e. The fourth-order valence-corrected chi connectivity index (χ4v) is 2.15. The van der Waals surface area contributed by atoms with Gasteiger partial charge in [-0.25, -0.2) is 4.98 Å². The highest BCUT2D eigenvalue weighted by atomic mass is 35.5. The average molecular weight is 284 g/mol. The van der Waals surface area contributed by atoms with Crippen LogP contribution in [0.2, 0.25) is 5.15 Å². The molecule has 0 aromatic carbocycles. The molecule has 1 aliphatic heterocycles. The van der Waals surface area contributed by atoms with Gasteiger partial charge in [0.1, 0.15) is 5.15 Å². The third-order valence-electron chi connectivity index (χ3n) is 3.03. The van der Waals surface area contributed by atoms with Gasteiger partial charge in [0.25, 0.3) is 5.91 Å². The van der Waals surface area contributed by atoms with Crippen LogP contribution in [-0.4, -0.2) is 55.2 Å². The normalized spacial score (nSPS) is 16.3. The molecule has 1 N–H and O–H groups in total. The molecule has 0 spiro atoms. The molecular formula is C13H18ClN3O2. The number of morpholine rings is 1. The lowest BCUT2D eigenvalue weighted by Gasteiger charge is -2.26. The van der Waals surface area contributed by atoms with Crippen LogP contribution >= 0.6 is 11.6 Å². The Morgan fingerprint density at radius 3 is 3.00 bits per heavy atom. The zero-order valence-electron chi connectivity index (χ0n) is 10.8. The van der Waals surface area contributed by atoms with Gasteiger partial charge in [-0.05, 0) is 25.1 Å². The molecule has 0 aliphatic carbocycles. The second-order valence-electron chi connectivity index (χ2n) is 4.43. The maximum Gasteiger partial charge on any atom is 0.251 e. The maximum absolute atomic E-state index is 11.8. The second kappa shape index (κ2) is 7.43. The molecule has 1 aromatic rings. The number of carbonyl (C=O) groups is 1. The van der Waals surface area contributed by atoms with Crippen molar-refractivity contribution in [3.63, 3.8) is 0 Å². The van der Waals surface area contributed by atoms with Crippen LogP contribution < -0.4 is 5.32 Å². The number of ether oxygens (including phenoxy) is 1. The molecule has 19 heavy (non-hydrogen) atoms. The highest BCUT2D eigenvalue weighted by Crippen LogP contribution is 2.06. The first-order chi connectivity index (χ1) is 9.25. The van der Waals surface area contributed by atoms with Crippen molar-refractivity contribution < 1.29 is 9.53 Å². The van der Waals surface area contributed by atoms with Crippen molar-refractivity contribution in [3.8, 4) is 0 Å². The van der Waals surface area contributed by atoms with Crippen LogP contribution in [0.3, 0.4) is 0 Å². The number of pyridine rings is 1. The number of hydrogen-bond acceptors (Lipinski definition) is 4. The van der Waals surface area contributed by atoms with Gasteiger partial charge in [-0.2, -0.15) is 0 Å². The molecule has 0 bridgehead atoms. The summed E-state index contributed by atoms with van der Waals surface area (Å²) >= 11 is 5.74. The Hall–Kier alpha value is -1.17. The molecule has 1 saturated heterocycles. The number of nitrogens with zero attached hydrogens (tertiary/aromatic N) is 2. The Morgan fingerprint density at radius 1 is 1.47 bits per heavy atom. The van der Waals surface area contributed by atoms with Gasteiger partial charge < -0.3 is 10.1 Å². The topological polar surface area (TPSA) is 54.5 Å². The van der Waals surface area contributed by atoms with Gasteiger partial charge in [-0.1, -0.05) is 11.6 Å². The smallest absolute Gasteiger partial charge is 0.251 e. The lowest BCUT2D eigenvalue weighted by Crippen LogP contribution is -2.38. The SMILES string of the molecule is O=C(NCCCN1CCOCC1)c1ccnc(Cl)c1. The van der Waals surface area contributed by atoms with Crippen molar-refractivity contribution >= 4 is 17.5 Å². The third kappa shape index (κ3) is 4.78. The number of rotatable bonds is 5. The van der Waals surface area contributed by atoms with Gasteiger partial charge in [-0.15, -0.1) is 0 Å². The van der Waals surface area contributed by atoms with Gasteiger partial charge >= 0.3 is 0 Å². The highest BCUT2D eigenvalue weighted by molar-refractivity contribution is 6.29. The average Bonchev–Trinajstić information content (AvgIpc) is 2.44. The summed E-state index contributed by atoms with van der Waals surface area (Å²) in [5, 5.41) is 3.22. The molecule has 1 amide bonds. The first kappa shape index (κ1) is 14.2. The van der Waals surface area contributed by atoms with E-state index in [-0.39, 0.29) is 5.91 Å². The number of halogens is 1. The Balaban J connectivity index is 1.66. The molecule has 6 heteroatoms. The van der Waals surface area contributed by atoms with Crippen LogP contribution in [0.4, 0.5) is 0 Å². The van der Waals surface area contributed by atoms with Crippen LogP contribution in [0.5, 0.6) is 0 Å². The quantitative estimate of drug-likeness (QED) is 0.651. The van der Waals surface area contributed by atoms with Gasteiger partial charge in [0.2, 0.25) is 0 Å². The van der Waals surface area contributed by atoms with E-state index >= 15 is 0 Å². The van der Waals surface area contributed by atoms with Crippen molar-refractivity contribution in [3.05, 3.63) is 29.0 Å². The summed E-state index contributed by atoms with van der Waals surface area (Å²) in [4.78, 5) is 18.0. The Labute approximate surface area is 117 Å². The fourth-order valence-electron chi connectivity index (χ4n) is 1.98. The van der Waals surface area contributed by atoms with E-state index in [1.54, 1.807) is 12.1 Å². The second-order valence-corrected chi connectivity index (χ2v) is 4.82. The summed E-state index contributed by atoms with van der Waals surface area (Å²) < 4.78 is 5.28. The maximum atomic E-state index is 11.8. The molecule has 5 nitrogen and oxygen atoms in total. The van der Waals surface area contributed by atoms with Crippen LogP contribution in [0, 0.1) is 0 Å². The van der Waals surface area contributed by atoms with Crippen LogP contribution in [0.25, 0.3) is 0 Å². The summed E-state index contributed by atoms with van der Waals surface area (Å²) in [7, 11) is 0. The molecule has 0 atom stereocenters. The van der Waals surface area contributed by atoms with E-state index in [0.717, 1.165) is 39.3 Å². The standard InChI is InChI=1S/C13H18ClN3O2/c14-12-10-11(2-4-15-12)13(18)16-3-1-5-17-6-8-19-9-7-17/h2,4,10H,1,3,5-9H2,(H,16,18). The minimum atomic E-state index is -0.105. The molecule has 2 rings (SSSR count). The van der Waals surface area contributed by atoms with E-state index in [1.807, 2.05) is 0 Å². The summed E-state index contributed by atoms with van der Waals surface area (Å²) in [5.74, 6) is -0.105. The molecule has 0 unspecified atom stereocenters. The van der Waals surface area contributed by atoms with Crippen molar-refractivity contribution in [2.75, 3.05) is 39.4 Å². The van der Waals surface area contributed by atoms with E-state index in [2.05, 4.69) is 15.2 Å². The predicted molar refractivity (Wildman–Crippen MR) is 73.5 cm³/mol. The largest absolute Gasteiger partial charge is 0.379 e. The predicted octanol–water partition coefficient (Wildman–Crippen LogP) is 1.19. The van der Waals surface area contributed by atoms with Crippen molar-refractivity contribution in [1.29, 1.82) is 0 Å². The van der Waals surface area contributed by atoms with E-state index in [0.29, 0.717) is 17.3 Å². The van der Waals surface area contributed by atoms with Gasteiger partial charge in [0.05, 0.1) is 13.2 Å². The lowest BCUT2D eigenvalue weighted by molar-refractivity contribution is 0.0374. The zero-order chi connectivity index (χ0) is 13.5. The molecular weight excluding hydrogens is 266 g/mol. The van der Waals surface area contributed by atoms with Crippen LogP contribution in [-0.2, 0) is 4.74 Å². The monoisotopic (exact) mass is 283 g/mol. The molecule has 1 aliphatic rings. The van der Waals surface area contributed by atoms with Crippen LogP contribution in [0.15, 0.2) is 18.3 Å². The number of carbonyl (C=O) groups excluding carboxylic acids is 1. The number of aromatic nitrogens is 1. The number of hydrogen-bond donors (Lipinski definition) is 1. The molecule has 104 valence electrons. The number of nitrogens with one attached hydrogen (secondary N) is 1. The molecule has 2 heterocycles. The first-order valence-corrected chi connectivity index (χ1v) is 6.83. The molecule has 1 fully saturated rings. The summed E-state index contributed by atoms with van der Waals surface area (Å²) in [5.41, 5.74) is 0.548. The van der Waals surface area contributed by atoms with E-state index in [9.17, 15) is 4.79 Å². The Kier molecular flexibility index (Phi) is 5.57. The minimum absolute atomic E-state index is 0.105. The van der Waals surface area contributed by atoms with Gasteiger partial charge in [0, 0.05) is 31.4 Å². The summed E-state index contributed by atoms with van der Waals surface area (Å²) in [6.07, 6.45) is 2.47. The highest BCUT2D eigenvalue weighted by Gasteiger charge is 2.10.